The molecule has 2 aromatic rings. The zero-order valence-corrected chi connectivity index (χ0v) is 12.2. The summed E-state index contributed by atoms with van der Waals surface area (Å²) in [6.45, 7) is 3.07. The van der Waals surface area contributed by atoms with Crippen molar-refractivity contribution in [1.82, 2.24) is 4.98 Å². The van der Waals surface area contributed by atoms with Gasteiger partial charge in [0.05, 0.1) is 23.9 Å². The molecule has 0 unspecified atom stereocenters. The first-order chi connectivity index (χ1) is 10.1. The summed E-state index contributed by atoms with van der Waals surface area (Å²) < 4.78 is 5.41. The van der Waals surface area contributed by atoms with E-state index in [1.807, 2.05) is 43.1 Å². The summed E-state index contributed by atoms with van der Waals surface area (Å²) in [5.74, 6) is 1.22. The number of pyridine rings is 1. The van der Waals surface area contributed by atoms with Crippen LogP contribution in [0.1, 0.15) is 18.1 Å². The lowest BCUT2D eigenvalue weighted by Gasteiger charge is -2.19. The number of benzene rings is 1. The van der Waals surface area contributed by atoms with Gasteiger partial charge in [-0.3, -0.25) is 0 Å². The second kappa shape index (κ2) is 6.62. The highest BCUT2D eigenvalue weighted by Crippen LogP contribution is 2.23. The average molecular weight is 282 g/mol. The Kier molecular flexibility index (Phi) is 4.62. The van der Waals surface area contributed by atoms with Gasteiger partial charge in [0.2, 0.25) is 5.88 Å². The van der Waals surface area contributed by atoms with Crippen molar-refractivity contribution in [2.45, 2.75) is 13.5 Å². The first kappa shape index (κ1) is 14.7. The Labute approximate surface area is 124 Å². The fourth-order valence-electron chi connectivity index (χ4n) is 2.00. The van der Waals surface area contributed by atoms with Crippen molar-refractivity contribution < 1.29 is 4.74 Å². The molecule has 5 nitrogen and oxygen atoms in total. The van der Waals surface area contributed by atoms with E-state index in [9.17, 15) is 0 Å². The average Bonchev–Trinajstić information content (AvgIpc) is 2.50. The molecule has 0 saturated carbocycles. The maximum absolute atomic E-state index is 8.93. The minimum atomic E-state index is 0.452. The summed E-state index contributed by atoms with van der Waals surface area (Å²) in [5, 5.41) is 8.93. The van der Waals surface area contributed by atoms with Crippen LogP contribution in [0.15, 0.2) is 36.4 Å². The van der Waals surface area contributed by atoms with Crippen LogP contribution in [0.4, 0.5) is 11.5 Å². The summed E-state index contributed by atoms with van der Waals surface area (Å²) in [5.41, 5.74) is 8.06. The van der Waals surface area contributed by atoms with E-state index >= 15 is 0 Å². The Balaban J connectivity index is 2.18. The number of anilines is 2. The van der Waals surface area contributed by atoms with Gasteiger partial charge in [-0.15, -0.1) is 0 Å². The van der Waals surface area contributed by atoms with E-state index in [0.717, 1.165) is 11.4 Å². The van der Waals surface area contributed by atoms with Gasteiger partial charge in [0.25, 0.3) is 0 Å². The second-order valence-corrected chi connectivity index (χ2v) is 4.67. The van der Waals surface area contributed by atoms with Crippen LogP contribution < -0.4 is 15.4 Å². The van der Waals surface area contributed by atoms with Crippen LogP contribution >= 0.6 is 0 Å². The van der Waals surface area contributed by atoms with E-state index in [0.29, 0.717) is 30.3 Å². The van der Waals surface area contributed by atoms with E-state index in [1.54, 1.807) is 12.1 Å². The van der Waals surface area contributed by atoms with Crippen LogP contribution in [-0.4, -0.2) is 18.6 Å². The minimum absolute atomic E-state index is 0.452. The predicted octanol–water partition coefficient (Wildman–Crippen LogP) is 2.57. The third kappa shape index (κ3) is 3.63. The van der Waals surface area contributed by atoms with E-state index in [4.69, 9.17) is 15.7 Å². The largest absolute Gasteiger partial charge is 0.476 e. The van der Waals surface area contributed by atoms with Crippen molar-refractivity contribution in [3.05, 3.63) is 47.5 Å². The van der Waals surface area contributed by atoms with Gasteiger partial charge >= 0.3 is 0 Å². The first-order valence-corrected chi connectivity index (χ1v) is 6.73. The normalized spacial score (nSPS) is 9.95. The standard InChI is InChI=1S/C16H18N4O/c1-3-21-16-14(18)7-8-15(19-16)20(2)11-13-6-4-5-12(9-13)10-17/h4-9H,3,11,18H2,1-2H3. The van der Waals surface area contributed by atoms with Crippen molar-refractivity contribution in [3.63, 3.8) is 0 Å². The Hall–Kier alpha value is -2.74. The van der Waals surface area contributed by atoms with E-state index in [2.05, 4.69) is 11.1 Å². The molecule has 1 heterocycles. The van der Waals surface area contributed by atoms with Gasteiger partial charge in [0.15, 0.2) is 0 Å². The van der Waals surface area contributed by atoms with E-state index < -0.39 is 0 Å². The molecule has 0 amide bonds. The van der Waals surface area contributed by atoms with Gasteiger partial charge in [0.1, 0.15) is 5.82 Å². The second-order valence-electron chi connectivity index (χ2n) is 4.67. The third-order valence-corrected chi connectivity index (χ3v) is 3.02. The molecule has 0 radical (unpaired) electrons. The summed E-state index contributed by atoms with van der Waals surface area (Å²) in [6.07, 6.45) is 0. The Morgan fingerprint density at radius 3 is 2.86 bits per heavy atom. The molecule has 1 aromatic heterocycles. The number of ether oxygens (including phenoxy) is 1. The highest BCUT2D eigenvalue weighted by atomic mass is 16.5. The molecule has 0 aliphatic carbocycles. The van der Waals surface area contributed by atoms with Crippen LogP contribution in [-0.2, 0) is 6.54 Å². The smallest absolute Gasteiger partial charge is 0.239 e. The monoisotopic (exact) mass is 282 g/mol. The van der Waals surface area contributed by atoms with Crippen LogP contribution in [0.3, 0.4) is 0 Å². The van der Waals surface area contributed by atoms with Gasteiger partial charge in [-0.25, -0.2) is 0 Å². The quantitative estimate of drug-likeness (QED) is 0.912. The first-order valence-electron chi connectivity index (χ1n) is 6.73. The SMILES string of the molecule is CCOc1nc(N(C)Cc2cccc(C#N)c2)ccc1N. The van der Waals surface area contributed by atoms with Crippen molar-refractivity contribution in [1.29, 1.82) is 5.26 Å². The lowest BCUT2D eigenvalue weighted by Crippen LogP contribution is -2.18. The van der Waals surface area contributed by atoms with E-state index in [-0.39, 0.29) is 0 Å². The molecule has 0 atom stereocenters. The maximum atomic E-state index is 8.93. The fraction of sp³-hybridized carbons (Fsp3) is 0.250. The maximum Gasteiger partial charge on any atom is 0.239 e. The molecule has 0 saturated heterocycles. The molecule has 2 rings (SSSR count). The highest BCUT2D eigenvalue weighted by Gasteiger charge is 2.08. The van der Waals surface area contributed by atoms with Crippen molar-refractivity contribution in [3.8, 4) is 11.9 Å². The lowest BCUT2D eigenvalue weighted by molar-refractivity contribution is 0.329. The molecule has 0 bridgehead atoms. The summed E-state index contributed by atoms with van der Waals surface area (Å²) in [4.78, 5) is 6.40. The zero-order chi connectivity index (χ0) is 15.2. The van der Waals surface area contributed by atoms with Gasteiger partial charge < -0.3 is 15.4 Å². The third-order valence-electron chi connectivity index (χ3n) is 3.02. The zero-order valence-electron chi connectivity index (χ0n) is 12.2. The Morgan fingerprint density at radius 2 is 2.14 bits per heavy atom. The molecule has 0 fully saturated rings. The Morgan fingerprint density at radius 1 is 1.33 bits per heavy atom. The number of hydrogen-bond acceptors (Lipinski definition) is 5. The molecule has 21 heavy (non-hydrogen) atoms. The van der Waals surface area contributed by atoms with Crippen molar-refractivity contribution >= 4 is 11.5 Å². The molecular weight excluding hydrogens is 264 g/mol. The number of nitrogens with zero attached hydrogens (tertiary/aromatic N) is 3. The molecule has 0 aliphatic rings. The molecule has 108 valence electrons. The summed E-state index contributed by atoms with van der Waals surface area (Å²) in [7, 11) is 1.94. The van der Waals surface area contributed by atoms with Crippen molar-refractivity contribution in [2.75, 3.05) is 24.3 Å². The minimum Gasteiger partial charge on any atom is -0.476 e. The van der Waals surface area contributed by atoms with Crippen LogP contribution in [0.25, 0.3) is 0 Å². The van der Waals surface area contributed by atoms with Crippen LogP contribution in [0.2, 0.25) is 0 Å². The number of aromatic nitrogens is 1. The molecule has 0 aliphatic heterocycles. The number of nitrogens with two attached hydrogens (primary N) is 1. The molecule has 2 N–H and O–H groups in total. The number of rotatable bonds is 5. The number of nitriles is 1. The summed E-state index contributed by atoms with van der Waals surface area (Å²) in [6, 6.07) is 13.3. The van der Waals surface area contributed by atoms with Gasteiger partial charge in [0, 0.05) is 13.6 Å². The number of nitrogen functional groups attached to an aromatic ring is 1. The molecule has 1 aromatic carbocycles. The van der Waals surface area contributed by atoms with Gasteiger partial charge in [-0.2, -0.15) is 10.2 Å². The highest BCUT2D eigenvalue weighted by molar-refractivity contribution is 5.54. The van der Waals surface area contributed by atoms with Crippen LogP contribution in [0, 0.1) is 11.3 Å². The Bertz CT molecular complexity index is 664. The topological polar surface area (TPSA) is 75.2 Å². The van der Waals surface area contributed by atoms with Gasteiger partial charge in [-0.05, 0) is 36.8 Å². The van der Waals surface area contributed by atoms with Crippen LogP contribution in [0.5, 0.6) is 5.88 Å². The molecule has 0 spiro atoms. The molecular formula is C16H18N4O. The van der Waals surface area contributed by atoms with Gasteiger partial charge in [-0.1, -0.05) is 12.1 Å². The fourth-order valence-corrected chi connectivity index (χ4v) is 2.00. The number of hydrogen-bond donors (Lipinski definition) is 1. The lowest BCUT2D eigenvalue weighted by atomic mass is 10.1. The molecule has 5 heteroatoms. The summed E-state index contributed by atoms with van der Waals surface area (Å²) >= 11 is 0. The predicted molar refractivity (Wildman–Crippen MR) is 83.1 cm³/mol. The van der Waals surface area contributed by atoms with E-state index in [1.165, 1.54) is 0 Å². The van der Waals surface area contributed by atoms with Crippen molar-refractivity contribution in [2.24, 2.45) is 0 Å².